The lowest BCUT2D eigenvalue weighted by atomic mass is 9.97. The molecule has 0 amide bonds. The van der Waals surface area contributed by atoms with Crippen molar-refractivity contribution in [2.75, 3.05) is 0 Å². The summed E-state index contributed by atoms with van der Waals surface area (Å²) in [6.45, 7) is 6.50. The number of hydrogen-bond donors (Lipinski definition) is 1. The minimum absolute atomic E-state index is 0.0395. The first-order valence-corrected chi connectivity index (χ1v) is 7.68. The Balaban J connectivity index is 2.08. The van der Waals surface area contributed by atoms with Crippen LogP contribution in [0.2, 0.25) is 0 Å². The molecule has 0 bridgehead atoms. The summed E-state index contributed by atoms with van der Waals surface area (Å²) in [6.07, 6.45) is 1.93. The molecule has 2 nitrogen and oxygen atoms in total. The molecule has 0 spiro atoms. The Morgan fingerprint density at radius 1 is 1.26 bits per heavy atom. The molecule has 0 radical (unpaired) electrons. The summed E-state index contributed by atoms with van der Waals surface area (Å²) in [4.78, 5) is 4.49. The molecule has 0 saturated carbocycles. The Morgan fingerprint density at radius 3 is 2.68 bits per heavy atom. The van der Waals surface area contributed by atoms with Gasteiger partial charge in [0.1, 0.15) is 0 Å². The van der Waals surface area contributed by atoms with Gasteiger partial charge >= 0.3 is 0 Å². The minimum Gasteiger partial charge on any atom is -0.324 e. The SMILES string of the molecule is Cc1csc(CC(N)c2cccc(CC(C)C)c2)n1. The first kappa shape index (κ1) is 14.2. The normalized spacial score (nSPS) is 12.9. The molecule has 102 valence electrons. The first-order chi connectivity index (χ1) is 9.04. The van der Waals surface area contributed by atoms with E-state index in [1.807, 2.05) is 6.92 Å². The zero-order valence-corrected chi connectivity index (χ0v) is 12.7. The summed E-state index contributed by atoms with van der Waals surface area (Å²) < 4.78 is 0. The zero-order chi connectivity index (χ0) is 13.8. The molecular formula is C16H22N2S. The maximum Gasteiger partial charge on any atom is 0.0947 e. The molecule has 0 saturated heterocycles. The van der Waals surface area contributed by atoms with Gasteiger partial charge in [0.15, 0.2) is 0 Å². The Labute approximate surface area is 119 Å². The predicted molar refractivity (Wildman–Crippen MR) is 82.5 cm³/mol. The van der Waals surface area contributed by atoms with Crippen molar-refractivity contribution in [3.05, 3.63) is 51.5 Å². The number of nitrogens with two attached hydrogens (primary N) is 1. The highest BCUT2D eigenvalue weighted by Crippen LogP contribution is 2.20. The van der Waals surface area contributed by atoms with Gasteiger partial charge < -0.3 is 5.73 Å². The van der Waals surface area contributed by atoms with Crippen LogP contribution in [-0.2, 0) is 12.8 Å². The van der Waals surface area contributed by atoms with E-state index in [0.29, 0.717) is 5.92 Å². The van der Waals surface area contributed by atoms with Gasteiger partial charge in [-0.1, -0.05) is 38.1 Å². The van der Waals surface area contributed by atoms with Crippen LogP contribution in [0.5, 0.6) is 0 Å². The molecule has 1 heterocycles. The lowest BCUT2D eigenvalue weighted by Gasteiger charge is -2.13. The van der Waals surface area contributed by atoms with Gasteiger partial charge in [-0.25, -0.2) is 4.98 Å². The van der Waals surface area contributed by atoms with Gasteiger partial charge in [-0.15, -0.1) is 11.3 Å². The smallest absolute Gasteiger partial charge is 0.0947 e. The van der Waals surface area contributed by atoms with Crippen LogP contribution in [0, 0.1) is 12.8 Å². The van der Waals surface area contributed by atoms with Gasteiger partial charge in [0, 0.05) is 23.5 Å². The van der Waals surface area contributed by atoms with Crippen LogP contribution in [0.1, 0.15) is 41.7 Å². The van der Waals surface area contributed by atoms with Gasteiger partial charge in [0.05, 0.1) is 5.01 Å². The maximum absolute atomic E-state index is 6.30. The van der Waals surface area contributed by atoms with E-state index in [4.69, 9.17) is 5.73 Å². The fraction of sp³-hybridized carbons (Fsp3) is 0.438. The van der Waals surface area contributed by atoms with E-state index in [1.54, 1.807) is 11.3 Å². The summed E-state index contributed by atoms with van der Waals surface area (Å²) in [5.74, 6) is 0.674. The monoisotopic (exact) mass is 274 g/mol. The van der Waals surface area contributed by atoms with Crippen LogP contribution in [-0.4, -0.2) is 4.98 Å². The average Bonchev–Trinajstić information content (AvgIpc) is 2.74. The topological polar surface area (TPSA) is 38.9 Å². The van der Waals surface area contributed by atoms with Crippen LogP contribution < -0.4 is 5.73 Å². The number of nitrogens with zero attached hydrogens (tertiary/aromatic N) is 1. The molecule has 0 fully saturated rings. The lowest BCUT2D eigenvalue weighted by molar-refractivity contribution is 0.644. The third-order valence-corrected chi connectivity index (χ3v) is 4.07. The second-order valence-electron chi connectivity index (χ2n) is 5.54. The molecule has 1 unspecified atom stereocenters. The molecule has 1 aromatic heterocycles. The average molecular weight is 274 g/mol. The molecular weight excluding hydrogens is 252 g/mol. The van der Waals surface area contributed by atoms with Gasteiger partial charge in [-0.2, -0.15) is 0 Å². The highest BCUT2D eigenvalue weighted by molar-refractivity contribution is 7.09. The summed E-state index contributed by atoms with van der Waals surface area (Å²) >= 11 is 1.70. The van der Waals surface area contributed by atoms with Crippen LogP contribution in [0.3, 0.4) is 0 Å². The van der Waals surface area contributed by atoms with Crippen molar-refractivity contribution in [1.82, 2.24) is 4.98 Å². The summed E-state index contributed by atoms with van der Waals surface area (Å²) in [5, 5.41) is 3.20. The van der Waals surface area contributed by atoms with Crippen LogP contribution in [0.15, 0.2) is 29.6 Å². The van der Waals surface area contributed by atoms with Crippen molar-refractivity contribution in [3.63, 3.8) is 0 Å². The molecule has 1 atom stereocenters. The highest BCUT2D eigenvalue weighted by atomic mass is 32.1. The van der Waals surface area contributed by atoms with E-state index >= 15 is 0 Å². The van der Waals surface area contributed by atoms with Crippen molar-refractivity contribution in [2.24, 2.45) is 11.7 Å². The van der Waals surface area contributed by atoms with E-state index in [0.717, 1.165) is 23.5 Å². The van der Waals surface area contributed by atoms with Crippen LogP contribution >= 0.6 is 11.3 Å². The van der Waals surface area contributed by atoms with Gasteiger partial charge in [0.2, 0.25) is 0 Å². The molecule has 1 aromatic carbocycles. The Hall–Kier alpha value is -1.19. The third kappa shape index (κ3) is 4.15. The van der Waals surface area contributed by atoms with Crippen molar-refractivity contribution in [2.45, 2.75) is 39.7 Å². The zero-order valence-electron chi connectivity index (χ0n) is 11.9. The van der Waals surface area contributed by atoms with E-state index < -0.39 is 0 Å². The van der Waals surface area contributed by atoms with Gasteiger partial charge in [-0.3, -0.25) is 0 Å². The second kappa shape index (κ2) is 6.31. The number of hydrogen-bond acceptors (Lipinski definition) is 3. The number of thiazole rings is 1. The van der Waals surface area contributed by atoms with E-state index in [1.165, 1.54) is 11.1 Å². The molecule has 2 N–H and O–H groups in total. The van der Waals surface area contributed by atoms with Gasteiger partial charge in [0.25, 0.3) is 0 Å². The first-order valence-electron chi connectivity index (χ1n) is 6.80. The number of rotatable bonds is 5. The van der Waals surface area contributed by atoms with Crippen molar-refractivity contribution in [1.29, 1.82) is 0 Å². The predicted octanol–water partition coefficient (Wildman–Crippen LogP) is 3.89. The fourth-order valence-electron chi connectivity index (χ4n) is 2.22. The van der Waals surface area contributed by atoms with E-state index in [-0.39, 0.29) is 6.04 Å². The summed E-state index contributed by atoms with van der Waals surface area (Å²) in [6, 6.07) is 8.70. The molecule has 0 aliphatic carbocycles. The number of aromatic nitrogens is 1. The fourth-order valence-corrected chi connectivity index (χ4v) is 3.06. The molecule has 2 aromatic rings. The van der Waals surface area contributed by atoms with Crippen molar-refractivity contribution < 1.29 is 0 Å². The summed E-state index contributed by atoms with van der Waals surface area (Å²) in [5.41, 5.74) is 9.97. The minimum atomic E-state index is 0.0395. The number of benzene rings is 1. The lowest BCUT2D eigenvalue weighted by Crippen LogP contribution is -2.13. The van der Waals surface area contributed by atoms with Crippen molar-refractivity contribution >= 4 is 11.3 Å². The largest absolute Gasteiger partial charge is 0.324 e. The Morgan fingerprint density at radius 2 is 2.05 bits per heavy atom. The maximum atomic E-state index is 6.30. The number of aryl methyl sites for hydroxylation is 1. The summed E-state index contributed by atoms with van der Waals surface area (Å²) in [7, 11) is 0. The highest BCUT2D eigenvalue weighted by Gasteiger charge is 2.10. The molecule has 3 heteroatoms. The molecule has 0 aliphatic rings. The quantitative estimate of drug-likeness (QED) is 0.898. The van der Waals surface area contributed by atoms with Crippen LogP contribution in [0.25, 0.3) is 0 Å². The molecule has 19 heavy (non-hydrogen) atoms. The Kier molecular flexibility index (Phi) is 4.72. The van der Waals surface area contributed by atoms with E-state index in [2.05, 4.69) is 48.5 Å². The standard InChI is InChI=1S/C16H22N2S/c1-11(2)7-13-5-4-6-14(8-13)15(17)9-16-18-12(3)10-19-16/h4-6,8,10-11,15H,7,9,17H2,1-3H3. The second-order valence-corrected chi connectivity index (χ2v) is 6.48. The Bertz CT molecular complexity index is 531. The van der Waals surface area contributed by atoms with E-state index in [9.17, 15) is 0 Å². The molecule has 0 aliphatic heterocycles. The van der Waals surface area contributed by atoms with Gasteiger partial charge in [-0.05, 0) is 30.4 Å². The van der Waals surface area contributed by atoms with Crippen LogP contribution in [0.4, 0.5) is 0 Å². The third-order valence-electron chi connectivity index (χ3n) is 3.08. The molecule has 2 rings (SSSR count). The van der Waals surface area contributed by atoms with Crippen molar-refractivity contribution in [3.8, 4) is 0 Å².